The first kappa shape index (κ1) is 15.3. The molecule has 0 aromatic rings. The van der Waals surface area contributed by atoms with Crippen LogP contribution >= 0.6 is 0 Å². The van der Waals surface area contributed by atoms with Crippen LogP contribution in [0.2, 0.25) is 0 Å². The molecule has 0 heterocycles. The van der Waals surface area contributed by atoms with Crippen molar-refractivity contribution in [1.29, 1.82) is 0 Å². The third kappa shape index (κ3) is 2.81. The van der Waals surface area contributed by atoms with Gasteiger partial charge >= 0.3 is 0 Å². The van der Waals surface area contributed by atoms with E-state index < -0.39 is 17.9 Å². The van der Waals surface area contributed by atoms with Crippen LogP contribution in [0, 0.1) is 5.92 Å². The Morgan fingerprint density at radius 3 is 2.05 bits per heavy atom. The number of nitrogens with two attached hydrogens (primary N) is 1. The van der Waals surface area contributed by atoms with Crippen LogP contribution in [0.3, 0.4) is 0 Å². The summed E-state index contributed by atoms with van der Waals surface area (Å²) in [5.41, 5.74) is 6.21. The minimum Gasteiger partial charge on any atom is -0.388 e. The molecule has 0 saturated heterocycles. The maximum Gasteiger partial charge on any atom is 0.220 e. The molecule has 1 aliphatic carbocycles. The Hall–Kier alpha value is -1.75. The average molecular weight is 265 g/mol. The van der Waals surface area contributed by atoms with Crippen LogP contribution in [0.4, 0.5) is 0 Å². The van der Waals surface area contributed by atoms with Crippen molar-refractivity contribution in [3.63, 3.8) is 0 Å². The summed E-state index contributed by atoms with van der Waals surface area (Å²) in [6.45, 7) is 6.24. The van der Waals surface area contributed by atoms with Crippen molar-refractivity contribution in [2.45, 2.75) is 40.2 Å². The van der Waals surface area contributed by atoms with Gasteiger partial charge in [-0.1, -0.05) is 6.92 Å². The third-order valence-electron chi connectivity index (χ3n) is 3.63. The summed E-state index contributed by atoms with van der Waals surface area (Å²) in [5, 5.41) is 10.1. The second-order valence-corrected chi connectivity index (χ2v) is 5.00. The van der Waals surface area contributed by atoms with Crippen molar-refractivity contribution in [3.05, 3.63) is 22.3 Å². The quantitative estimate of drug-likeness (QED) is 0.730. The maximum atomic E-state index is 12.1. The van der Waals surface area contributed by atoms with Gasteiger partial charge in [0.2, 0.25) is 5.91 Å². The van der Waals surface area contributed by atoms with E-state index in [2.05, 4.69) is 0 Å². The molecule has 19 heavy (non-hydrogen) atoms. The van der Waals surface area contributed by atoms with Crippen LogP contribution in [0.5, 0.6) is 0 Å². The number of carbonyl (C=O) groups excluding carboxylic acids is 3. The summed E-state index contributed by atoms with van der Waals surface area (Å²) in [6.07, 6.45) is -1.12. The normalized spacial score (nSPS) is 19.8. The first-order chi connectivity index (χ1) is 8.68. The van der Waals surface area contributed by atoms with E-state index in [9.17, 15) is 19.5 Å². The largest absolute Gasteiger partial charge is 0.388 e. The first-order valence-corrected chi connectivity index (χ1v) is 6.13. The highest BCUT2D eigenvalue weighted by Crippen LogP contribution is 2.28. The average Bonchev–Trinajstić information content (AvgIpc) is 2.34. The highest BCUT2D eigenvalue weighted by atomic mass is 16.3. The number of aliphatic hydroxyl groups excluding tert-OH is 1. The van der Waals surface area contributed by atoms with Gasteiger partial charge in [0.25, 0.3) is 0 Å². The lowest BCUT2D eigenvalue weighted by Crippen LogP contribution is -2.31. The molecule has 1 rings (SSSR count). The number of carbonyl (C=O) groups is 3. The van der Waals surface area contributed by atoms with Crippen molar-refractivity contribution in [1.82, 2.24) is 0 Å². The number of hydrogen-bond donors (Lipinski definition) is 2. The lowest BCUT2D eigenvalue weighted by atomic mass is 9.81. The number of primary amides is 1. The number of allylic oxidation sites excluding steroid dienone is 3. The zero-order chi connectivity index (χ0) is 14.9. The summed E-state index contributed by atoms with van der Waals surface area (Å²) in [6, 6.07) is 0. The summed E-state index contributed by atoms with van der Waals surface area (Å²) in [7, 11) is 0. The molecule has 3 N–H and O–H groups in total. The van der Waals surface area contributed by atoms with Crippen LogP contribution in [-0.4, -0.2) is 28.7 Å². The second kappa shape index (κ2) is 5.48. The molecule has 0 aromatic carbocycles. The van der Waals surface area contributed by atoms with Crippen LogP contribution in [0.25, 0.3) is 0 Å². The van der Waals surface area contributed by atoms with E-state index in [0.717, 1.165) is 0 Å². The van der Waals surface area contributed by atoms with E-state index in [1.165, 1.54) is 6.92 Å². The molecule has 1 aliphatic rings. The number of aliphatic hydroxyl groups is 1. The summed E-state index contributed by atoms with van der Waals surface area (Å²) < 4.78 is 0. The molecular formula is C14H19NO4. The van der Waals surface area contributed by atoms with Crippen LogP contribution in [0.15, 0.2) is 22.3 Å². The van der Waals surface area contributed by atoms with Crippen molar-refractivity contribution in [3.8, 4) is 0 Å². The standard InChI is InChI=1S/C14H19NO4/c1-6(14(15)19)5-10(16)11-9(4)12(17)7(2)8(3)13(11)18/h6,10,16H,5H2,1-4H3,(H2,15,19). The Balaban J connectivity index is 3.09. The number of rotatable bonds is 4. The zero-order valence-corrected chi connectivity index (χ0v) is 11.6. The molecule has 104 valence electrons. The first-order valence-electron chi connectivity index (χ1n) is 6.13. The van der Waals surface area contributed by atoms with Gasteiger partial charge in [-0.05, 0) is 27.2 Å². The van der Waals surface area contributed by atoms with E-state index in [4.69, 9.17) is 5.73 Å². The summed E-state index contributed by atoms with van der Waals surface area (Å²) in [5.74, 6) is -1.68. The molecule has 0 fully saturated rings. The SMILES string of the molecule is CC1=C(C)C(=O)C(C(O)CC(C)C(N)=O)=C(C)C1=O. The number of ketones is 2. The van der Waals surface area contributed by atoms with Crippen molar-refractivity contribution in [2.75, 3.05) is 0 Å². The number of hydrogen-bond acceptors (Lipinski definition) is 4. The van der Waals surface area contributed by atoms with E-state index in [1.807, 2.05) is 0 Å². The monoisotopic (exact) mass is 265 g/mol. The van der Waals surface area contributed by atoms with Crippen molar-refractivity contribution >= 4 is 17.5 Å². The smallest absolute Gasteiger partial charge is 0.220 e. The van der Waals surface area contributed by atoms with E-state index in [0.29, 0.717) is 11.1 Å². The molecule has 0 radical (unpaired) electrons. The predicted octanol–water partition coefficient (Wildman–Crippen LogP) is 0.663. The molecule has 5 heteroatoms. The van der Waals surface area contributed by atoms with Gasteiger partial charge in [-0.2, -0.15) is 0 Å². The van der Waals surface area contributed by atoms with Crippen LogP contribution in [-0.2, 0) is 14.4 Å². The van der Waals surface area contributed by atoms with Gasteiger partial charge in [0.05, 0.1) is 6.10 Å². The van der Waals surface area contributed by atoms with Gasteiger partial charge in [-0.15, -0.1) is 0 Å². The summed E-state index contributed by atoms with van der Waals surface area (Å²) >= 11 is 0. The van der Waals surface area contributed by atoms with Gasteiger partial charge in [0.15, 0.2) is 11.6 Å². The van der Waals surface area contributed by atoms with Crippen LogP contribution < -0.4 is 5.73 Å². The highest BCUT2D eigenvalue weighted by molar-refractivity contribution is 6.24. The molecule has 1 amide bonds. The van der Waals surface area contributed by atoms with E-state index in [-0.39, 0.29) is 29.1 Å². The summed E-state index contributed by atoms with van der Waals surface area (Å²) in [4.78, 5) is 35.1. The van der Waals surface area contributed by atoms with Gasteiger partial charge in [0.1, 0.15) is 0 Å². The Morgan fingerprint density at radius 1 is 1.11 bits per heavy atom. The highest BCUT2D eigenvalue weighted by Gasteiger charge is 2.32. The predicted molar refractivity (Wildman–Crippen MR) is 70.1 cm³/mol. The Morgan fingerprint density at radius 2 is 1.58 bits per heavy atom. The minimum absolute atomic E-state index is 0.0351. The second-order valence-electron chi connectivity index (χ2n) is 5.00. The fourth-order valence-corrected chi connectivity index (χ4v) is 2.09. The molecule has 0 spiro atoms. The fourth-order valence-electron chi connectivity index (χ4n) is 2.09. The molecule has 0 saturated carbocycles. The zero-order valence-electron chi connectivity index (χ0n) is 11.6. The molecule has 5 nitrogen and oxygen atoms in total. The Kier molecular flexibility index (Phi) is 4.42. The van der Waals surface area contributed by atoms with Crippen LogP contribution in [0.1, 0.15) is 34.1 Å². The molecular weight excluding hydrogens is 246 g/mol. The Bertz CT molecular complexity index is 514. The molecule has 2 unspecified atom stereocenters. The van der Waals surface area contributed by atoms with Gasteiger partial charge in [-0.3, -0.25) is 14.4 Å². The maximum absolute atomic E-state index is 12.1. The number of Topliss-reactive ketones (excluding diaryl/α,β-unsaturated/α-hetero) is 2. The van der Waals surface area contributed by atoms with Crippen molar-refractivity contribution in [2.24, 2.45) is 11.7 Å². The molecule has 0 bridgehead atoms. The fraction of sp³-hybridized carbons (Fsp3) is 0.500. The van der Waals surface area contributed by atoms with E-state index >= 15 is 0 Å². The lowest BCUT2D eigenvalue weighted by molar-refractivity contribution is -0.122. The topological polar surface area (TPSA) is 97.5 Å². The third-order valence-corrected chi connectivity index (χ3v) is 3.63. The van der Waals surface area contributed by atoms with Gasteiger partial charge in [-0.25, -0.2) is 0 Å². The lowest BCUT2D eigenvalue weighted by Gasteiger charge is -2.23. The van der Waals surface area contributed by atoms with E-state index in [1.54, 1.807) is 20.8 Å². The number of amides is 1. The molecule has 0 aliphatic heterocycles. The Labute approximate surface area is 112 Å². The molecule has 0 aromatic heterocycles. The minimum atomic E-state index is -1.15. The molecule has 2 atom stereocenters. The van der Waals surface area contributed by atoms with Gasteiger partial charge in [0, 0.05) is 28.2 Å². The van der Waals surface area contributed by atoms with Gasteiger partial charge < -0.3 is 10.8 Å². The van der Waals surface area contributed by atoms with Crippen molar-refractivity contribution < 1.29 is 19.5 Å².